The van der Waals surface area contributed by atoms with E-state index in [0.717, 1.165) is 30.0 Å². The SMILES string of the molecule is Cc1noc(C2CCN(C(=O)c3cnn(C)c3-n3c(C)ccc3C)CC2)n1. The Labute approximate surface area is 157 Å². The first-order valence-corrected chi connectivity index (χ1v) is 9.22. The molecule has 1 aliphatic heterocycles. The lowest BCUT2D eigenvalue weighted by atomic mass is 9.96. The average Bonchev–Trinajstić information content (AvgIpc) is 3.34. The van der Waals surface area contributed by atoms with Crippen molar-refractivity contribution in [1.82, 2.24) is 29.4 Å². The normalized spacial score (nSPS) is 15.5. The van der Waals surface area contributed by atoms with Gasteiger partial charge in [-0.25, -0.2) is 0 Å². The van der Waals surface area contributed by atoms with Crippen LogP contribution in [-0.2, 0) is 7.05 Å². The molecule has 142 valence electrons. The second-order valence-electron chi connectivity index (χ2n) is 7.20. The maximum absolute atomic E-state index is 13.2. The molecule has 0 aromatic carbocycles. The third-order valence-electron chi connectivity index (χ3n) is 5.30. The highest BCUT2D eigenvalue weighted by atomic mass is 16.5. The number of nitrogens with zero attached hydrogens (tertiary/aromatic N) is 6. The average molecular weight is 368 g/mol. The van der Waals surface area contributed by atoms with Crippen LogP contribution in [0.5, 0.6) is 0 Å². The van der Waals surface area contributed by atoms with Crippen molar-refractivity contribution >= 4 is 5.91 Å². The van der Waals surface area contributed by atoms with Gasteiger partial charge in [-0.2, -0.15) is 10.1 Å². The highest BCUT2D eigenvalue weighted by Crippen LogP contribution is 2.28. The predicted octanol–water partition coefficient (Wildman–Crippen LogP) is 2.54. The molecule has 1 saturated heterocycles. The summed E-state index contributed by atoms with van der Waals surface area (Å²) in [6.07, 6.45) is 3.32. The number of amides is 1. The Hall–Kier alpha value is -2.90. The molecule has 0 aliphatic carbocycles. The Morgan fingerprint density at radius 1 is 1.15 bits per heavy atom. The highest BCUT2D eigenvalue weighted by Gasteiger charge is 2.30. The number of hydrogen-bond acceptors (Lipinski definition) is 5. The first-order valence-electron chi connectivity index (χ1n) is 9.22. The summed E-state index contributed by atoms with van der Waals surface area (Å²) in [5.74, 6) is 2.39. The first kappa shape index (κ1) is 17.5. The maximum atomic E-state index is 13.2. The highest BCUT2D eigenvalue weighted by molar-refractivity contribution is 5.97. The molecule has 27 heavy (non-hydrogen) atoms. The smallest absolute Gasteiger partial charge is 0.259 e. The van der Waals surface area contributed by atoms with Gasteiger partial charge < -0.3 is 14.0 Å². The molecule has 0 spiro atoms. The zero-order chi connectivity index (χ0) is 19.1. The Morgan fingerprint density at radius 3 is 2.41 bits per heavy atom. The molecule has 0 bridgehead atoms. The van der Waals surface area contributed by atoms with Crippen molar-refractivity contribution in [3.8, 4) is 5.82 Å². The van der Waals surface area contributed by atoms with Crippen LogP contribution in [-0.4, -0.2) is 48.4 Å². The molecule has 0 radical (unpaired) electrons. The zero-order valence-corrected chi connectivity index (χ0v) is 16.1. The van der Waals surface area contributed by atoms with E-state index in [2.05, 4.69) is 31.9 Å². The van der Waals surface area contributed by atoms with Gasteiger partial charge in [-0.15, -0.1) is 0 Å². The van der Waals surface area contributed by atoms with E-state index < -0.39 is 0 Å². The standard InChI is InChI=1S/C19H24N6O2/c1-12-5-6-13(2)25(12)18-16(11-20-23(18)4)19(26)24-9-7-15(8-10-24)17-21-14(3)22-27-17/h5-6,11,15H,7-10H2,1-4H3. The number of likely N-dealkylation sites (tertiary alicyclic amines) is 1. The van der Waals surface area contributed by atoms with E-state index in [9.17, 15) is 4.79 Å². The number of carbonyl (C=O) groups is 1. The molecule has 4 rings (SSSR count). The second-order valence-corrected chi connectivity index (χ2v) is 7.20. The maximum Gasteiger partial charge on any atom is 0.259 e. The second kappa shape index (κ2) is 6.68. The van der Waals surface area contributed by atoms with Gasteiger partial charge in [0.1, 0.15) is 11.4 Å². The van der Waals surface area contributed by atoms with Crippen molar-refractivity contribution in [3.05, 3.63) is 47.0 Å². The minimum absolute atomic E-state index is 0.0192. The van der Waals surface area contributed by atoms with Crippen LogP contribution >= 0.6 is 0 Å². The molecule has 3 aromatic rings. The van der Waals surface area contributed by atoms with Gasteiger partial charge in [-0.05, 0) is 45.7 Å². The molecular weight excluding hydrogens is 344 g/mol. The summed E-state index contributed by atoms with van der Waals surface area (Å²) in [5.41, 5.74) is 2.79. The Bertz CT molecular complexity index is 955. The summed E-state index contributed by atoms with van der Waals surface area (Å²) in [5, 5.41) is 8.22. The Kier molecular flexibility index (Phi) is 4.33. The van der Waals surface area contributed by atoms with Gasteiger partial charge in [0.2, 0.25) is 5.89 Å². The van der Waals surface area contributed by atoms with Crippen molar-refractivity contribution in [1.29, 1.82) is 0 Å². The van der Waals surface area contributed by atoms with Crippen LogP contribution in [0.1, 0.15) is 52.2 Å². The van der Waals surface area contributed by atoms with Crippen LogP contribution in [0, 0.1) is 20.8 Å². The third-order valence-corrected chi connectivity index (χ3v) is 5.30. The molecule has 3 aromatic heterocycles. The summed E-state index contributed by atoms with van der Waals surface area (Å²) in [4.78, 5) is 19.4. The fourth-order valence-corrected chi connectivity index (χ4v) is 3.83. The van der Waals surface area contributed by atoms with Crippen LogP contribution < -0.4 is 0 Å². The molecular formula is C19H24N6O2. The van der Waals surface area contributed by atoms with E-state index in [1.807, 2.05) is 32.7 Å². The molecule has 0 N–H and O–H groups in total. The van der Waals surface area contributed by atoms with Crippen molar-refractivity contribution in [2.45, 2.75) is 39.5 Å². The number of rotatable bonds is 3. The number of piperidine rings is 1. The van der Waals surface area contributed by atoms with E-state index in [1.54, 1.807) is 10.9 Å². The fourth-order valence-electron chi connectivity index (χ4n) is 3.83. The minimum Gasteiger partial charge on any atom is -0.339 e. The van der Waals surface area contributed by atoms with Crippen LogP contribution in [0.15, 0.2) is 22.9 Å². The van der Waals surface area contributed by atoms with Gasteiger partial charge in [0, 0.05) is 37.4 Å². The largest absolute Gasteiger partial charge is 0.339 e. The van der Waals surface area contributed by atoms with Gasteiger partial charge in [-0.3, -0.25) is 9.48 Å². The van der Waals surface area contributed by atoms with Gasteiger partial charge in [0.25, 0.3) is 5.91 Å². The van der Waals surface area contributed by atoms with Crippen LogP contribution in [0.3, 0.4) is 0 Å². The van der Waals surface area contributed by atoms with E-state index in [0.29, 0.717) is 30.4 Å². The lowest BCUT2D eigenvalue weighted by Crippen LogP contribution is -2.38. The van der Waals surface area contributed by atoms with E-state index in [-0.39, 0.29) is 11.8 Å². The van der Waals surface area contributed by atoms with Gasteiger partial charge in [0.15, 0.2) is 5.82 Å². The Morgan fingerprint density at radius 2 is 1.81 bits per heavy atom. The van der Waals surface area contributed by atoms with Crippen LogP contribution in [0.4, 0.5) is 0 Å². The molecule has 0 atom stereocenters. The number of aryl methyl sites for hydroxylation is 4. The molecule has 8 nitrogen and oxygen atoms in total. The zero-order valence-electron chi connectivity index (χ0n) is 16.1. The quantitative estimate of drug-likeness (QED) is 0.709. The molecule has 4 heterocycles. The van der Waals surface area contributed by atoms with Crippen molar-refractivity contribution in [2.75, 3.05) is 13.1 Å². The molecule has 1 amide bonds. The molecule has 8 heteroatoms. The van der Waals surface area contributed by atoms with Crippen molar-refractivity contribution in [2.24, 2.45) is 7.05 Å². The molecule has 1 aliphatic rings. The summed E-state index contributed by atoms with van der Waals surface area (Å²) in [7, 11) is 1.87. The predicted molar refractivity (Wildman–Crippen MR) is 98.9 cm³/mol. The van der Waals surface area contributed by atoms with Crippen molar-refractivity contribution in [3.63, 3.8) is 0 Å². The van der Waals surface area contributed by atoms with Gasteiger partial charge >= 0.3 is 0 Å². The van der Waals surface area contributed by atoms with Crippen LogP contribution in [0.25, 0.3) is 5.82 Å². The summed E-state index contributed by atoms with van der Waals surface area (Å²) < 4.78 is 9.14. The summed E-state index contributed by atoms with van der Waals surface area (Å²) in [6, 6.07) is 4.10. The lowest BCUT2D eigenvalue weighted by Gasteiger charge is -2.30. The molecule has 0 unspecified atom stereocenters. The lowest BCUT2D eigenvalue weighted by molar-refractivity contribution is 0.0704. The minimum atomic E-state index is 0.0192. The third kappa shape index (κ3) is 3.05. The topological polar surface area (TPSA) is 82.0 Å². The number of carbonyl (C=O) groups excluding carboxylic acids is 1. The number of hydrogen-bond donors (Lipinski definition) is 0. The van der Waals surface area contributed by atoms with E-state index >= 15 is 0 Å². The van der Waals surface area contributed by atoms with Crippen molar-refractivity contribution < 1.29 is 9.32 Å². The van der Waals surface area contributed by atoms with Crippen LogP contribution in [0.2, 0.25) is 0 Å². The first-order chi connectivity index (χ1) is 13.0. The van der Waals surface area contributed by atoms with E-state index in [1.165, 1.54) is 0 Å². The van der Waals surface area contributed by atoms with Gasteiger partial charge in [0.05, 0.1) is 6.20 Å². The fraction of sp³-hybridized carbons (Fsp3) is 0.474. The van der Waals surface area contributed by atoms with Gasteiger partial charge in [-0.1, -0.05) is 5.16 Å². The summed E-state index contributed by atoms with van der Waals surface area (Å²) >= 11 is 0. The molecule has 1 fully saturated rings. The molecule has 0 saturated carbocycles. The number of aromatic nitrogens is 5. The Balaban J connectivity index is 1.55. The summed E-state index contributed by atoms with van der Waals surface area (Å²) in [6.45, 7) is 7.23. The monoisotopic (exact) mass is 368 g/mol. The van der Waals surface area contributed by atoms with E-state index in [4.69, 9.17) is 4.52 Å².